The second-order valence-corrected chi connectivity index (χ2v) is 0.724. The van der Waals surface area contributed by atoms with Crippen molar-refractivity contribution in [2.45, 2.75) is 13.3 Å². The maximum atomic E-state index is 7.88. The Morgan fingerprint density at radius 3 is 1.80 bits per heavy atom. The van der Waals surface area contributed by atoms with Crippen molar-refractivity contribution in [2.24, 2.45) is 0 Å². The van der Waals surface area contributed by atoms with Gasteiger partial charge in [0, 0.05) is 27.7 Å². The normalized spacial score (nSPS) is 6.00. The Labute approximate surface area is 46.7 Å². The fourth-order valence-electron chi connectivity index (χ4n) is 0. The van der Waals surface area contributed by atoms with Crippen molar-refractivity contribution in [3.05, 3.63) is 0 Å². The molecule has 2 heteroatoms. The van der Waals surface area contributed by atoms with Crippen LogP contribution in [0.2, 0.25) is 0 Å². The van der Waals surface area contributed by atoms with Crippen molar-refractivity contribution in [2.75, 3.05) is 6.61 Å². The van der Waals surface area contributed by atoms with Crippen molar-refractivity contribution >= 4 is 0 Å². The summed E-state index contributed by atoms with van der Waals surface area (Å²) in [7, 11) is 0. The Hall–Kier alpha value is 0.648. The SMILES string of the molecule is CCCO.[Pt]. The summed E-state index contributed by atoms with van der Waals surface area (Å²) in [5, 5.41) is 7.88. The number of hydrogen-bond donors (Lipinski definition) is 1. The van der Waals surface area contributed by atoms with Crippen LogP contribution in [0.25, 0.3) is 0 Å². The maximum absolute atomic E-state index is 7.88. The van der Waals surface area contributed by atoms with E-state index in [-0.39, 0.29) is 21.1 Å². The summed E-state index contributed by atoms with van der Waals surface area (Å²) in [6, 6.07) is 0. The molecule has 0 bridgehead atoms. The molecule has 0 aliphatic heterocycles. The second-order valence-electron chi connectivity index (χ2n) is 0.724. The summed E-state index contributed by atoms with van der Waals surface area (Å²) in [6.07, 6.45) is 0.875. The molecule has 0 atom stereocenters. The van der Waals surface area contributed by atoms with Crippen LogP contribution in [0.1, 0.15) is 13.3 Å². The van der Waals surface area contributed by atoms with Gasteiger partial charge in [0.1, 0.15) is 0 Å². The van der Waals surface area contributed by atoms with Gasteiger partial charge in [0.15, 0.2) is 0 Å². The Morgan fingerprint density at radius 1 is 1.60 bits per heavy atom. The molecule has 0 aliphatic rings. The van der Waals surface area contributed by atoms with Gasteiger partial charge in [-0.3, -0.25) is 0 Å². The smallest absolute Gasteiger partial charge is 0.0428 e. The largest absolute Gasteiger partial charge is 0.396 e. The monoisotopic (exact) mass is 255 g/mol. The van der Waals surface area contributed by atoms with Crippen molar-refractivity contribution in [3.63, 3.8) is 0 Å². The Morgan fingerprint density at radius 2 is 1.80 bits per heavy atom. The van der Waals surface area contributed by atoms with Gasteiger partial charge in [0.2, 0.25) is 0 Å². The van der Waals surface area contributed by atoms with Crippen LogP contribution in [-0.4, -0.2) is 11.7 Å². The third-order valence-electron chi connectivity index (χ3n) is 0.224. The molecule has 36 valence electrons. The average molecular weight is 255 g/mol. The van der Waals surface area contributed by atoms with E-state index in [4.69, 9.17) is 5.11 Å². The van der Waals surface area contributed by atoms with Crippen LogP contribution in [0.3, 0.4) is 0 Å². The van der Waals surface area contributed by atoms with E-state index >= 15 is 0 Å². The molecule has 0 saturated carbocycles. The molecule has 0 saturated heterocycles. The summed E-state index contributed by atoms with van der Waals surface area (Å²) in [6.45, 7) is 2.25. The van der Waals surface area contributed by atoms with Crippen LogP contribution in [-0.2, 0) is 21.1 Å². The average Bonchev–Trinajstić information content (AvgIpc) is 1.37. The summed E-state index contributed by atoms with van der Waals surface area (Å²) in [4.78, 5) is 0. The zero-order chi connectivity index (χ0) is 3.41. The standard InChI is InChI=1S/C3H8O.Pt/c1-2-3-4;/h4H,2-3H2,1H3;. The van der Waals surface area contributed by atoms with E-state index < -0.39 is 0 Å². The number of rotatable bonds is 1. The fourth-order valence-corrected chi connectivity index (χ4v) is 0. The summed E-state index contributed by atoms with van der Waals surface area (Å²) in [5.41, 5.74) is 0. The van der Waals surface area contributed by atoms with Gasteiger partial charge in [-0.05, 0) is 6.42 Å². The molecule has 1 N–H and O–H groups in total. The van der Waals surface area contributed by atoms with E-state index in [2.05, 4.69) is 0 Å². The van der Waals surface area contributed by atoms with Crippen LogP contribution in [0.5, 0.6) is 0 Å². The van der Waals surface area contributed by atoms with E-state index in [1.54, 1.807) is 0 Å². The molecule has 0 spiro atoms. The van der Waals surface area contributed by atoms with Crippen LogP contribution in [0, 0.1) is 0 Å². The Bertz CT molecular complexity index is 8.85. The van der Waals surface area contributed by atoms with Gasteiger partial charge in [0.25, 0.3) is 0 Å². The number of hydrogen-bond acceptors (Lipinski definition) is 1. The first-order chi connectivity index (χ1) is 1.91. The second kappa shape index (κ2) is 8.82. The van der Waals surface area contributed by atoms with Gasteiger partial charge >= 0.3 is 0 Å². The molecule has 0 heterocycles. The molecule has 0 fully saturated rings. The molecule has 0 rings (SSSR count). The Balaban J connectivity index is 0. The minimum atomic E-state index is 0. The van der Waals surface area contributed by atoms with Gasteiger partial charge in [0.05, 0.1) is 0 Å². The molecule has 0 unspecified atom stereocenters. The molecule has 0 aromatic heterocycles. The van der Waals surface area contributed by atoms with Gasteiger partial charge in [-0.2, -0.15) is 0 Å². The van der Waals surface area contributed by atoms with Gasteiger partial charge < -0.3 is 5.11 Å². The quantitative estimate of drug-likeness (QED) is 0.718. The molecule has 0 amide bonds. The van der Waals surface area contributed by atoms with E-state index in [1.807, 2.05) is 6.92 Å². The van der Waals surface area contributed by atoms with Crippen molar-refractivity contribution in [3.8, 4) is 0 Å². The van der Waals surface area contributed by atoms with Crippen LogP contribution in [0.15, 0.2) is 0 Å². The summed E-state index contributed by atoms with van der Waals surface area (Å²) >= 11 is 0. The molecule has 0 radical (unpaired) electrons. The predicted molar refractivity (Wildman–Crippen MR) is 17.4 cm³/mol. The Kier molecular flexibility index (Phi) is 16.2. The molecular formula is C3H8OPt. The molecular weight excluding hydrogens is 247 g/mol. The van der Waals surface area contributed by atoms with Crippen molar-refractivity contribution < 1.29 is 26.2 Å². The van der Waals surface area contributed by atoms with E-state index in [0.29, 0.717) is 6.61 Å². The first-order valence-electron chi connectivity index (χ1n) is 1.52. The topological polar surface area (TPSA) is 20.2 Å². The van der Waals surface area contributed by atoms with Gasteiger partial charge in [-0.15, -0.1) is 0 Å². The summed E-state index contributed by atoms with van der Waals surface area (Å²) in [5.74, 6) is 0. The molecule has 1 nitrogen and oxygen atoms in total. The minimum absolute atomic E-state index is 0. The van der Waals surface area contributed by atoms with Gasteiger partial charge in [-0.1, -0.05) is 6.92 Å². The minimum Gasteiger partial charge on any atom is -0.396 e. The van der Waals surface area contributed by atoms with Gasteiger partial charge in [-0.25, -0.2) is 0 Å². The zero-order valence-electron chi connectivity index (χ0n) is 3.18. The fraction of sp³-hybridized carbons (Fsp3) is 1.00. The van der Waals surface area contributed by atoms with Crippen LogP contribution < -0.4 is 0 Å². The van der Waals surface area contributed by atoms with Crippen molar-refractivity contribution in [1.82, 2.24) is 0 Å². The third-order valence-corrected chi connectivity index (χ3v) is 0.224. The van der Waals surface area contributed by atoms with E-state index in [9.17, 15) is 0 Å². The van der Waals surface area contributed by atoms with Crippen molar-refractivity contribution in [1.29, 1.82) is 0 Å². The first-order valence-corrected chi connectivity index (χ1v) is 1.52. The molecule has 0 aliphatic carbocycles. The summed E-state index contributed by atoms with van der Waals surface area (Å²) < 4.78 is 0. The predicted octanol–water partition coefficient (Wildman–Crippen LogP) is 0.386. The number of aliphatic hydroxyl groups is 1. The number of aliphatic hydroxyl groups excluding tert-OH is 1. The van der Waals surface area contributed by atoms with Crippen LogP contribution >= 0.6 is 0 Å². The molecule has 5 heavy (non-hydrogen) atoms. The third kappa shape index (κ3) is 12.0. The maximum Gasteiger partial charge on any atom is 0.0428 e. The van der Waals surface area contributed by atoms with E-state index in [1.165, 1.54) is 0 Å². The van der Waals surface area contributed by atoms with Crippen LogP contribution in [0.4, 0.5) is 0 Å². The van der Waals surface area contributed by atoms with E-state index in [0.717, 1.165) is 6.42 Å². The first kappa shape index (κ1) is 9.17. The zero-order valence-corrected chi connectivity index (χ0v) is 5.45. The molecule has 0 aromatic carbocycles. The molecule has 0 aromatic rings.